The zero-order chi connectivity index (χ0) is 23.8. The average molecular weight is 465 g/mol. The molecule has 0 aromatic heterocycles. The van der Waals surface area contributed by atoms with Crippen molar-refractivity contribution in [1.29, 1.82) is 0 Å². The Morgan fingerprint density at radius 1 is 0.529 bits per heavy atom. The summed E-state index contributed by atoms with van der Waals surface area (Å²) in [6.45, 7) is 6.90. The van der Waals surface area contributed by atoms with E-state index in [0.29, 0.717) is 0 Å². The monoisotopic (exact) mass is 464 g/mol. The van der Waals surface area contributed by atoms with Crippen molar-refractivity contribution in [2.45, 2.75) is 59.3 Å². The number of benzene rings is 4. The fraction of sp³-hybridized carbons (Fsp3) is 0.273. The lowest BCUT2D eigenvalue weighted by Gasteiger charge is -2.25. The van der Waals surface area contributed by atoms with Crippen molar-refractivity contribution in [1.82, 2.24) is 0 Å². The van der Waals surface area contributed by atoms with E-state index >= 15 is 0 Å². The minimum atomic E-state index is -0.648. The molecule has 0 N–H and O–H groups in total. The fourth-order valence-corrected chi connectivity index (χ4v) is 7.47. The van der Waals surface area contributed by atoms with Gasteiger partial charge in [-0.2, -0.15) is 0 Å². The maximum absolute atomic E-state index is 2.51. The van der Waals surface area contributed by atoms with E-state index in [2.05, 4.69) is 118 Å². The molecule has 0 nitrogen and oxygen atoms in total. The number of rotatable bonds is 10. The van der Waals surface area contributed by atoms with E-state index in [0.717, 1.165) is 19.3 Å². The molecule has 4 rings (SSSR count). The van der Waals surface area contributed by atoms with Gasteiger partial charge in [-0.15, -0.1) is 0 Å². The number of hydrogen-bond acceptors (Lipinski definition) is 0. The Morgan fingerprint density at radius 3 is 1.50 bits per heavy atom. The van der Waals surface area contributed by atoms with Gasteiger partial charge in [0.15, 0.2) is 0 Å². The summed E-state index contributed by atoms with van der Waals surface area (Å²) in [7, 11) is -0.648. The molecule has 0 bridgehead atoms. The van der Waals surface area contributed by atoms with E-state index in [9.17, 15) is 0 Å². The molecule has 0 saturated heterocycles. The lowest BCUT2D eigenvalue weighted by molar-refractivity contribution is 0.873. The summed E-state index contributed by atoms with van der Waals surface area (Å²) in [6.07, 6.45) is 6.96. The molecular formula is C33H37P. The van der Waals surface area contributed by atoms with Crippen molar-refractivity contribution in [3.05, 3.63) is 114 Å². The standard InChI is InChI=1S/C33H37P/c1-4-15-26-24-27(16-5-2)33(28(25-26)17-6-3)31-22-13-14-23-32(31)34(29-18-9-7-10-19-29)30-20-11-8-12-21-30/h7-14,18-25H,4-6,15-17H2,1-3H3. The normalized spacial score (nSPS) is 11.2. The highest BCUT2D eigenvalue weighted by atomic mass is 31.1. The number of hydrogen-bond donors (Lipinski definition) is 0. The zero-order valence-electron chi connectivity index (χ0n) is 20.9. The van der Waals surface area contributed by atoms with Crippen molar-refractivity contribution in [2.24, 2.45) is 0 Å². The first-order valence-electron chi connectivity index (χ1n) is 12.9. The zero-order valence-corrected chi connectivity index (χ0v) is 21.8. The van der Waals surface area contributed by atoms with Crippen molar-refractivity contribution >= 4 is 23.8 Å². The van der Waals surface area contributed by atoms with E-state index in [1.807, 2.05) is 0 Å². The second kappa shape index (κ2) is 12.1. The largest absolute Gasteiger partial charge is 0.0651 e. The molecule has 4 aromatic carbocycles. The summed E-state index contributed by atoms with van der Waals surface area (Å²) in [6, 6.07) is 36.4. The first-order chi connectivity index (χ1) is 16.8. The SMILES string of the molecule is CCCc1cc(CCC)c(-c2ccccc2P(c2ccccc2)c2ccccc2)c(CCC)c1. The summed E-state index contributed by atoms with van der Waals surface area (Å²) in [5.41, 5.74) is 7.49. The molecule has 174 valence electrons. The third-order valence-corrected chi connectivity index (χ3v) is 8.88. The van der Waals surface area contributed by atoms with Crippen LogP contribution in [0.25, 0.3) is 11.1 Å². The summed E-state index contributed by atoms with van der Waals surface area (Å²) in [5, 5.41) is 4.29. The number of aryl methyl sites for hydroxylation is 3. The van der Waals surface area contributed by atoms with Gasteiger partial charge in [0.1, 0.15) is 0 Å². The molecule has 0 atom stereocenters. The van der Waals surface area contributed by atoms with E-state index in [1.165, 1.54) is 63.0 Å². The van der Waals surface area contributed by atoms with Gasteiger partial charge in [0, 0.05) is 0 Å². The van der Waals surface area contributed by atoms with Crippen molar-refractivity contribution < 1.29 is 0 Å². The van der Waals surface area contributed by atoms with Crippen LogP contribution in [0.5, 0.6) is 0 Å². The van der Waals surface area contributed by atoms with E-state index in [4.69, 9.17) is 0 Å². The van der Waals surface area contributed by atoms with Crippen molar-refractivity contribution in [2.75, 3.05) is 0 Å². The molecule has 0 heterocycles. The Labute approximate surface area is 207 Å². The summed E-state index contributed by atoms with van der Waals surface area (Å²) in [4.78, 5) is 0. The summed E-state index contributed by atoms with van der Waals surface area (Å²) in [5.74, 6) is 0. The van der Waals surface area contributed by atoms with Gasteiger partial charge in [0.2, 0.25) is 0 Å². The van der Waals surface area contributed by atoms with E-state index in [-0.39, 0.29) is 0 Å². The maximum atomic E-state index is 2.51. The van der Waals surface area contributed by atoms with Crippen LogP contribution in [-0.4, -0.2) is 0 Å². The van der Waals surface area contributed by atoms with Crippen LogP contribution in [0.2, 0.25) is 0 Å². The highest BCUT2D eigenvalue weighted by Crippen LogP contribution is 2.40. The minimum Gasteiger partial charge on any atom is -0.0651 e. The highest BCUT2D eigenvalue weighted by molar-refractivity contribution is 7.80. The van der Waals surface area contributed by atoms with Crippen LogP contribution >= 0.6 is 7.92 Å². The van der Waals surface area contributed by atoms with Crippen LogP contribution in [0.15, 0.2) is 97.1 Å². The van der Waals surface area contributed by atoms with E-state index in [1.54, 1.807) is 0 Å². The lowest BCUT2D eigenvalue weighted by Crippen LogP contribution is -2.22. The van der Waals surface area contributed by atoms with Crippen LogP contribution in [0.1, 0.15) is 56.7 Å². The van der Waals surface area contributed by atoms with Crippen molar-refractivity contribution in [3.8, 4) is 11.1 Å². The molecule has 0 unspecified atom stereocenters. The molecule has 1 heteroatoms. The first-order valence-corrected chi connectivity index (χ1v) is 14.2. The molecule has 0 fully saturated rings. The quantitative estimate of drug-likeness (QED) is 0.209. The first kappa shape index (κ1) is 24.4. The Hall–Kier alpha value is -2.69. The lowest BCUT2D eigenvalue weighted by atomic mass is 9.87. The van der Waals surface area contributed by atoms with Gasteiger partial charge in [0.25, 0.3) is 0 Å². The minimum absolute atomic E-state index is 0.648. The van der Waals surface area contributed by atoms with Gasteiger partial charge in [-0.3, -0.25) is 0 Å². The predicted molar refractivity (Wildman–Crippen MR) is 153 cm³/mol. The van der Waals surface area contributed by atoms with E-state index < -0.39 is 7.92 Å². The van der Waals surface area contributed by atoms with Gasteiger partial charge in [0.05, 0.1) is 0 Å². The van der Waals surface area contributed by atoms with Crippen LogP contribution in [-0.2, 0) is 19.3 Å². The fourth-order valence-electron chi connectivity index (χ4n) is 5.01. The molecular weight excluding hydrogens is 427 g/mol. The molecule has 0 spiro atoms. The second-order valence-electron chi connectivity index (χ2n) is 9.06. The Balaban J connectivity index is 1.98. The topological polar surface area (TPSA) is 0 Å². The Morgan fingerprint density at radius 2 is 1.00 bits per heavy atom. The van der Waals surface area contributed by atoms with Crippen LogP contribution in [0.4, 0.5) is 0 Å². The van der Waals surface area contributed by atoms with Gasteiger partial charge < -0.3 is 0 Å². The Bertz CT molecular complexity index is 1110. The van der Waals surface area contributed by atoms with Crippen LogP contribution < -0.4 is 15.9 Å². The van der Waals surface area contributed by atoms with Crippen molar-refractivity contribution in [3.63, 3.8) is 0 Å². The smallest absolute Gasteiger partial charge is 0.00724 e. The van der Waals surface area contributed by atoms with Gasteiger partial charge in [-0.05, 0) is 70.9 Å². The highest BCUT2D eigenvalue weighted by Gasteiger charge is 2.22. The molecule has 0 amide bonds. The maximum Gasteiger partial charge on any atom is -0.00724 e. The molecule has 0 aliphatic carbocycles. The summed E-state index contributed by atoms with van der Waals surface area (Å²) >= 11 is 0. The summed E-state index contributed by atoms with van der Waals surface area (Å²) < 4.78 is 0. The van der Waals surface area contributed by atoms with Crippen LogP contribution in [0.3, 0.4) is 0 Å². The molecule has 4 aromatic rings. The molecule has 0 aliphatic rings. The predicted octanol–water partition coefficient (Wildman–Crippen LogP) is 7.97. The third-order valence-electron chi connectivity index (χ3n) is 6.38. The molecule has 0 radical (unpaired) electrons. The average Bonchev–Trinajstić information content (AvgIpc) is 2.87. The van der Waals surface area contributed by atoms with Gasteiger partial charge in [-0.25, -0.2) is 0 Å². The molecule has 34 heavy (non-hydrogen) atoms. The Kier molecular flexibility index (Phi) is 8.73. The molecule has 0 aliphatic heterocycles. The third kappa shape index (κ3) is 5.51. The second-order valence-corrected chi connectivity index (χ2v) is 11.2. The van der Waals surface area contributed by atoms with Gasteiger partial charge in [-0.1, -0.05) is 137 Å². The van der Waals surface area contributed by atoms with Gasteiger partial charge >= 0.3 is 0 Å². The molecule has 0 saturated carbocycles. The van der Waals surface area contributed by atoms with Crippen LogP contribution in [0, 0.1) is 0 Å².